The highest BCUT2D eigenvalue weighted by atomic mass is 32.2. The van der Waals surface area contributed by atoms with E-state index in [4.69, 9.17) is 9.47 Å². The third kappa shape index (κ3) is 5.83. The van der Waals surface area contributed by atoms with Crippen molar-refractivity contribution in [1.29, 1.82) is 0 Å². The fraction of sp³-hybridized carbons (Fsp3) is 0.308. The molecule has 0 N–H and O–H groups in total. The Kier molecular flexibility index (Phi) is 8.17. The Balaban J connectivity index is 1.45. The van der Waals surface area contributed by atoms with Gasteiger partial charge in [-0.1, -0.05) is 48.5 Å². The molecule has 0 aliphatic carbocycles. The zero-order valence-corrected chi connectivity index (χ0v) is 21.5. The predicted molar refractivity (Wildman–Crippen MR) is 141 cm³/mol. The number of carbonyl (C=O) groups excluding carboxylic acids is 2. The van der Waals surface area contributed by atoms with E-state index in [1.54, 1.807) is 48.5 Å². The van der Waals surface area contributed by atoms with Crippen LogP contribution in [0, 0.1) is 0 Å². The quantitative estimate of drug-likeness (QED) is 0.350. The molecule has 0 saturated carbocycles. The normalized spacial score (nSPS) is 18.2. The summed E-state index contributed by atoms with van der Waals surface area (Å²) >= 11 is 4.53. The Bertz CT molecular complexity index is 1330. The maximum absolute atomic E-state index is 13.5. The van der Waals surface area contributed by atoms with Gasteiger partial charge in [-0.3, -0.25) is 9.69 Å². The summed E-state index contributed by atoms with van der Waals surface area (Å²) in [5.41, 5.74) is 0.490. The van der Waals surface area contributed by atoms with Crippen LogP contribution in [0.25, 0.3) is 10.8 Å². The summed E-state index contributed by atoms with van der Waals surface area (Å²) in [7, 11) is -2.52. The first-order valence-corrected chi connectivity index (χ1v) is 13.5. The van der Waals surface area contributed by atoms with Crippen molar-refractivity contribution in [2.24, 2.45) is 0 Å². The van der Waals surface area contributed by atoms with Crippen molar-refractivity contribution in [3.05, 3.63) is 72.8 Å². The lowest BCUT2D eigenvalue weighted by Crippen LogP contribution is -2.39. The maximum atomic E-state index is 13.5. The number of esters is 1. The summed E-state index contributed by atoms with van der Waals surface area (Å²) in [6, 6.07) is 21.0. The summed E-state index contributed by atoms with van der Waals surface area (Å²) in [6.07, 6.45) is 0.130. The van der Waals surface area contributed by atoms with Crippen LogP contribution in [0.1, 0.15) is 12.8 Å². The number of fused-ring (bicyclic) bond motifs is 1. The number of anilines is 1. The van der Waals surface area contributed by atoms with E-state index in [1.807, 2.05) is 24.3 Å². The second-order valence-corrected chi connectivity index (χ2v) is 11.1. The number of carbonyl (C=O) groups is 2. The zero-order chi connectivity index (χ0) is 25.7. The van der Waals surface area contributed by atoms with E-state index in [9.17, 15) is 18.0 Å². The smallest absolute Gasteiger partial charge is 0.414 e. The molecular formula is C26H28N2O6S2. The van der Waals surface area contributed by atoms with Gasteiger partial charge in [-0.05, 0) is 47.9 Å². The molecule has 0 aromatic heterocycles. The number of hydrogen-bond acceptors (Lipinski definition) is 7. The molecule has 0 radical (unpaired) electrons. The van der Waals surface area contributed by atoms with E-state index < -0.39 is 22.1 Å². The molecular weight excluding hydrogens is 500 g/mol. The summed E-state index contributed by atoms with van der Waals surface area (Å²) in [5.74, 6) is -0.586. The molecule has 1 saturated heterocycles. The van der Waals surface area contributed by atoms with Gasteiger partial charge in [-0.25, -0.2) is 13.2 Å². The fourth-order valence-electron chi connectivity index (χ4n) is 4.31. The van der Waals surface area contributed by atoms with E-state index in [0.29, 0.717) is 18.5 Å². The lowest BCUT2D eigenvalue weighted by Gasteiger charge is -2.25. The second-order valence-electron chi connectivity index (χ2n) is 8.53. The number of thiol groups is 1. The number of nitrogens with zero attached hydrogens (tertiary/aromatic N) is 2. The largest absolute Gasteiger partial charge is 0.468 e. The zero-order valence-electron chi connectivity index (χ0n) is 19.8. The molecule has 0 spiro atoms. The molecule has 3 aromatic rings. The first-order valence-electron chi connectivity index (χ1n) is 11.5. The monoisotopic (exact) mass is 528 g/mol. The minimum atomic E-state index is -3.77. The van der Waals surface area contributed by atoms with Gasteiger partial charge >= 0.3 is 12.1 Å². The number of ether oxygens (including phenoxy) is 2. The summed E-state index contributed by atoms with van der Waals surface area (Å²) in [4.78, 5) is 26.0. The Morgan fingerprint density at radius 1 is 1.03 bits per heavy atom. The van der Waals surface area contributed by atoms with Crippen LogP contribution in [-0.4, -0.2) is 62.9 Å². The molecule has 3 aromatic carbocycles. The van der Waals surface area contributed by atoms with Crippen molar-refractivity contribution in [2.75, 3.05) is 31.7 Å². The van der Waals surface area contributed by atoms with Crippen molar-refractivity contribution in [3.63, 3.8) is 0 Å². The third-order valence-electron chi connectivity index (χ3n) is 6.15. The minimum absolute atomic E-state index is 0.0156. The number of amides is 1. The molecule has 1 heterocycles. The third-order valence-corrected chi connectivity index (χ3v) is 8.44. The molecule has 4 rings (SSSR count). The Labute approximate surface area is 216 Å². The van der Waals surface area contributed by atoms with Gasteiger partial charge in [0.2, 0.25) is 10.0 Å². The Hall–Kier alpha value is -3.08. The average molecular weight is 529 g/mol. The molecule has 10 heteroatoms. The molecule has 190 valence electrons. The molecule has 36 heavy (non-hydrogen) atoms. The van der Waals surface area contributed by atoms with Crippen LogP contribution in [-0.2, 0) is 24.3 Å². The summed E-state index contributed by atoms with van der Waals surface area (Å²) < 4.78 is 38.6. The first kappa shape index (κ1) is 26.0. The standard InChI is InChI=1S/C26H28N2O6S2/c1-33-25(29)18-27(21-9-3-2-4-10-21)26(30)34-14-13-22-16-23(35)17-28(22)36(31,32)24-12-11-19-7-5-6-8-20(19)15-24/h2-12,15,22-23,35H,13-14,16-18H2,1H3. The molecule has 8 nitrogen and oxygen atoms in total. The van der Waals surface area contributed by atoms with E-state index in [0.717, 1.165) is 10.8 Å². The highest BCUT2D eigenvalue weighted by molar-refractivity contribution is 7.89. The molecule has 2 unspecified atom stereocenters. The van der Waals surface area contributed by atoms with Crippen LogP contribution in [0.4, 0.5) is 10.5 Å². The van der Waals surface area contributed by atoms with Crippen molar-refractivity contribution in [3.8, 4) is 0 Å². The van der Waals surface area contributed by atoms with Gasteiger partial charge in [0.05, 0.1) is 18.6 Å². The number of sulfonamides is 1. The van der Waals surface area contributed by atoms with Crippen molar-refractivity contribution in [1.82, 2.24) is 4.31 Å². The predicted octanol–water partition coefficient (Wildman–Crippen LogP) is 4.11. The molecule has 1 fully saturated rings. The summed E-state index contributed by atoms with van der Waals surface area (Å²) in [6.45, 7) is -0.0441. The number of rotatable bonds is 8. The van der Waals surface area contributed by atoms with Gasteiger partial charge in [0, 0.05) is 23.5 Å². The fourth-order valence-corrected chi connectivity index (χ4v) is 6.58. The summed E-state index contributed by atoms with van der Waals surface area (Å²) in [5, 5.41) is 1.68. The first-order chi connectivity index (χ1) is 17.3. The Morgan fingerprint density at radius 3 is 2.44 bits per heavy atom. The molecule has 0 bridgehead atoms. The van der Waals surface area contributed by atoms with Gasteiger partial charge in [0.25, 0.3) is 0 Å². The van der Waals surface area contributed by atoms with Gasteiger partial charge in [0.15, 0.2) is 0 Å². The van der Waals surface area contributed by atoms with Crippen molar-refractivity contribution in [2.45, 2.75) is 29.0 Å². The van der Waals surface area contributed by atoms with Crippen LogP contribution in [0.5, 0.6) is 0 Å². The van der Waals surface area contributed by atoms with Crippen molar-refractivity contribution >= 4 is 51.2 Å². The lowest BCUT2D eigenvalue weighted by molar-refractivity contribution is -0.138. The van der Waals surface area contributed by atoms with Crippen LogP contribution in [0.3, 0.4) is 0 Å². The Morgan fingerprint density at radius 2 is 1.72 bits per heavy atom. The number of benzene rings is 3. The van der Waals surface area contributed by atoms with E-state index in [1.165, 1.54) is 16.3 Å². The van der Waals surface area contributed by atoms with Crippen LogP contribution < -0.4 is 4.90 Å². The van der Waals surface area contributed by atoms with Crippen LogP contribution in [0.15, 0.2) is 77.7 Å². The minimum Gasteiger partial charge on any atom is -0.468 e. The van der Waals surface area contributed by atoms with Crippen molar-refractivity contribution < 1.29 is 27.5 Å². The maximum Gasteiger partial charge on any atom is 0.414 e. The second kappa shape index (κ2) is 11.3. The number of hydrogen-bond donors (Lipinski definition) is 1. The topological polar surface area (TPSA) is 93.2 Å². The molecule has 1 aliphatic heterocycles. The van der Waals surface area contributed by atoms with Gasteiger partial charge in [0.1, 0.15) is 6.54 Å². The average Bonchev–Trinajstić information content (AvgIpc) is 3.28. The molecule has 1 aliphatic rings. The van der Waals surface area contributed by atoms with Crippen LogP contribution >= 0.6 is 12.6 Å². The van der Waals surface area contributed by atoms with Gasteiger partial charge < -0.3 is 9.47 Å². The highest BCUT2D eigenvalue weighted by Crippen LogP contribution is 2.31. The van der Waals surface area contributed by atoms with E-state index in [2.05, 4.69) is 12.6 Å². The van der Waals surface area contributed by atoms with Gasteiger partial charge in [-0.2, -0.15) is 16.9 Å². The van der Waals surface area contributed by atoms with E-state index in [-0.39, 0.29) is 35.9 Å². The molecule has 1 amide bonds. The highest BCUT2D eigenvalue weighted by Gasteiger charge is 2.39. The number of para-hydroxylation sites is 1. The molecule has 2 atom stereocenters. The number of methoxy groups -OCH3 is 1. The van der Waals surface area contributed by atoms with Gasteiger partial charge in [-0.15, -0.1) is 0 Å². The SMILES string of the molecule is COC(=O)CN(C(=O)OCCC1CC(S)CN1S(=O)(=O)c1ccc2ccccc2c1)c1ccccc1. The van der Waals surface area contributed by atoms with Crippen LogP contribution in [0.2, 0.25) is 0 Å². The van der Waals surface area contributed by atoms with E-state index >= 15 is 0 Å². The lowest BCUT2D eigenvalue weighted by atomic mass is 10.1.